The molecule has 7 N–H and O–H groups in total. The Morgan fingerprint density at radius 3 is 2.08 bits per heavy atom. The van der Waals surface area contributed by atoms with E-state index in [-0.39, 0.29) is 31.7 Å². The number of nitrogens with one attached hydrogen (secondary N) is 4. The number of carbonyl (C=O) groups excluding carboxylic acids is 4. The fraction of sp³-hybridized carbons (Fsp3) is 0.800. The topological polar surface area (TPSA) is 180 Å². The predicted molar refractivity (Wildman–Crippen MR) is 136 cm³/mol. The van der Waals surface area contributed by atoms with E-state index < -0.39 is 41.8 Å². The molecular formula is C25H45N5O6. The van der Waals surface area contributed by atoms with Crippen LogP contribution in [-0.2, 0) is 24.0 Å². The van der Waals surface area contributed by atoms with Crippen molar-refractivity contribution in [3.63, 3.8) is 0 Å². The first kappa shape index (κ1) is 31.3. The fourth-order valence-corrected chi connectivity index (χ4v) is 4.17. The maximum atomic E-state index is 13.1. The van der Waals surface area contributed by atoms with Gasteiger partial charge in [-0.1, -0.05) is 51.9 Å². The van der Waals surface area contributed by atoms with Crippen LogP contribution in [0, 0.1) is 0 Å². The zero-order chi connectivity index (χ0) is 26.8. The van der Waals surface area contributed by atoms with Crippen molar-refractivity contribution < 1.29 is 29.1 Å². The van der Waals surface area contributed by atoms with Crippen LogP contribution < -0.4 is 27.0 Å². The predicted octanol–water partition coefficient (Wildman–Crippen LogP) is 1.10. The van der Waals surface area contributed by atoms with Crippen molar-refractivity contribution in [3.05, 3.63) is 0 Å². The lowest BCUT2D eigenvalue weighted by Gasteiger charge is -2.24. The Bertz CT molecular complexity index is 717. The highest BCUT2D eigenvalue weighted by Crippen LogP contribution is 2.12. The van der Waals surface area contributed by atoms with Crippen molar-refractivity contribution in [2.45, 2.75) is 115 Å². The average Bonchev–Trinajstić information content (AvgIpc) is 2.83. The number of unbranched alkanes of at least 4 members (excludes halogenated alkanes) is 7. The quantitative estimate of drug-likeness (QED) is 0.178. The summed E-state index contributed by atoms with van der Waals surface area (Å²) in [4.78, 5) is 62.1. The number of hydrogen-bond acceptors (Lipinski definition) is 6. The Morgan fingerprint density at radius 2 is 1.42 bits per heavy atom. The van der Waals surface area contributed by atoms with Crippen LogP contribution in [0.15, 0.2) is 0 Å². The SMILES string of the molecule is CCCCCCCCC[C@@H]1CC(=O)NCC(=O)N[C@@H](CCCCN)C(=O)N[C@@H](CCC(=O)O)C(=O)N1. The van der Waals surface area contributed by atoms with Crippen molar-refractivity contribution in [1.82, 2.24) is 21.3 Å². The third-order valence-electron chi connectivity index (χ3n) is 6.26. The number of rotatable bonds is 15. The van der Waals surface area contributed by atoms with Gasteiger partial charge >= 0.3 is 5.97 Å². The molecule has 0 aromatic carbocycles. The van der Waals surface area contributed by atoms with Gasteiger partial charge in [-0.05, 0) is 38.6 Å². The molecule has 0 bridgehead atoms. The van der Waals surface area contributed by atoms with Gasteiger partial charge in [-0.15, -0.1) is 0 Å². The van der Waals surface area contributed by atoms with Gasteiger partial charge in [0.25, 0.3) is 0 Å². The Hall–Kier alpha value is -2.69. The molecule has 1 heterocycles. The van der Waals surface area contributed by atoms with Crippen molar-refractivity contribution in [2.24, 2.45) is 5.73 Å². The van der Waals surface area contributed by atoms with E-state index in [2.05, 4.69) is 28.2 Å². The Balaban J connectivity index is 2.93. The highest BCUT2D eigenvalue weighted by atomic mass is 16.4. The summed E-state index contributed by atoms with van der Waals surface area (Å²) < 4.78 is 0. The molecule has 0 aromatic heterocycles. The number of carboxylic acid groups (broad SMARTS) is 1. The van der Waals surface area contributed by atoms with E-state index in [1.165, 1.54) is 19.3 Å². The van der Waals surface area contributed by atoms with Crippen LogP contribution in [0.4, 0.5) is 0 Å². The summed E-state index contributed by atoms with van der Waals surface area (Å²) in [5.41, 5.74) is 5.53. The van der Waals surface area contributed by atoms with E-state index in [9.17, 15) is 24.0 Å². The van der Waals surface area contributed by atoms with Crippen molar-refractivity contribution >= 4 is 29.6 Å². The molecule has 0 aliphatic carbocycles. The van der Waals surface area contributed by atoms with E-state index >= 15 is 0 Å². The van der Waals surface area contributed by atoms with E-state index in [1.54, 1.807) is 0 Å². The number of hydrogen-bond donors (Lipinski definition) is 6. The molecule has 1 aliphatic rings. The van der Waals surface area contributed by atoms with Crippen molar-refractivity contribution in [3.8, 4) is 0 Å². The average molecular weight is 512 g/mol. The van der Waals surface area contributed by atoms with E-state index in [4.69, 9.17) is 10.8 Å². The summed E-state index contributed by atoms with van der Waals surface area (Å²) in [6, 6.07) is -2.50. The minimum atomic E-state index is -1.09. The first-order valence-corrected chi connectivity index (χ1v) is 13.4. The molecule has 36 heavy (non-hydrogen) atoms. The summed E-state index contributed by atoms with van der Waals surface area (Å²) in [6.07, 6.45) is 9.28. The van der Waals surface area contributed by atoms with E-state index in [0.29, 0.717) is 32.2 Å². The zero-order valence-electron chi connectivity index (χ0n) is 21.6. The van der Waals surface area contributed by atoms with Gasteiger partial charge in [-0.3, -0.25) is 24.0 Å². The molecule has 0 aromatic rings. The Morgan fingerprint density at radius 1 is 0.806 bits per heavy atom. The largest absolute Gasteiger partial charge is 0.481 e. The molecule has 0 saturated carbocycles. The summed E-state index contributed by atoms with van der Waals surface area (Å²) in [7, 11) is 0. The van der Waals surface area contributed by atoms with Crippen LogP contribution in [0.2, 0.25) is 0 Å². The highest BCUT2D eigenvalue weighted by Gasteiger charge is 2.29. The zero-order valence-corrected chi connectivity index (χ0v) is 21.6. The van der Waals surface area contributed by atoms with Gasteiger partial charge < -0.3 is 32.1 Å². The monoisotopic (exact) mass is 511 g/mol. The van der Waals surface area contributed by atoms with E-state index in [1.807, 2.05) is 0 Å². The molecule has 0 radical (unpaired) electrons. The highest BCUT2D eigenvalue weighted by molar-refractivity contribution is 5.94. The minimum absolute atomic E-state index is 0.00558. The number of amides is 4. The summed E-state index contributed by atoms with van der Waals surface area (Å²) >= 11 is 0. The van der Waals surface area contributed by atoms with Gasteiger partial charge in [0.15, 0.2) is 0 Å². The van der Waals surface area contributed by atoms with Crippen molar-refractivity contribution in [2.75, 3.05) is 13.1 Å². The summed E-state index contributed by atoms with van der Waals surface area (Å²) in [6.45, 7) is 2.32. The molecule has 11 nitrogen and oxygen atoms in total. The lowest BCUT2D eigenvalue weighted by molar-refractivity contribution is -0.138. The normalized spacial score (nSPS) is 21.8. The molecule has 0 unspecified atom stereocenters. The van der Waals surface area contributed by atoms with E-state index in [0.717, 1.165) is 25.7 Å². The molecule has 1 rings (SSSR count). The second-order valence-electron chi connectivity index (χ2n) is 9.49. The van der Waals surface area contributed by atoms with Gasteiger partial charge in [0.2, 0.25) is 23.6 Å². The van der Waals surface area contributed by atoms with Gasteiger partial charge in [0.05, 0.1) is 6.54 Å². The molecule has 1 aliphatic heterocycles. The van der Waals surface area contributed by atoms with Crippen LogP contribution in [0.25, 0.3) is 0 Å². The van der Waals surface area contributed by atoms with Gasteiger partial charge in [0, 0.05) is 18.9 Å². The first-order chi connectivity index (χ1) is 17.3. The van der Waals surface area contributed by atoms with Gasteiger partial charge in [0.1, 0.15) is 12.1 Å². The Labute approximate surface area is 214 Å². The molecule has 1 fully saturated rings. The van der Waals surface area contributed by atoms with Crippen LogP contribution >= 0.6 is 0 Å². The molecule has 1 saturated heterocycles. The van der Waals surface area contributed by atoms with Crippen LogP contribution in [0.1, 0.15) is 96.8 Å². The number of nitrogens with two attached hydrogens (primary N) is 1. The molecule has 11 heteroatoms. The molecule has 3 atom stereocenters. The maximum absolute atomic E-state index is 13.1. The third kappa shape index (κ3) is 14.0. The summed E-state index contributed by atoms with van der Waals surface area (Å²) in [5, 5.41) is 19.7. The second-order valence-corrected chi connectivity index (χ2v) is 9.49. The lowest BCUT2D eigenvalue weighted by atomic mass is 10.0. The summed E-state index contributed by atoms with van der Waals surface area (Å²) in [5.74, 6) is -3.08. The van der Waals surface area contributed by atoms with Crippen LogP contribution in [0.5, 0.6) is 0 Å². The number of carboxylic acids is 1. The number of carbonyl (C=O) groups is 5. The smallest absolute Gasteiger partial charge is 0.303 e. The van der Waals surface area contributed by atoms with Gasteiger partial charge in [-0.25, -0.2) is 0 Å². The van der Waals surface area contributed by atoms with Crippen molar-refractivity contribution in [1.29, 1.82) is 0 Å². The molecule has 4 amide bonds. The minimum Gasteiger partial charge on any atom is -0.481 e. The first-order valence-electron chi connectivity index (χ1n) is 13.4. The fourth-order valence-electron chi connectivity index (χ4n) is 4.17. The Kier molecular flexibility index (Phi) is 16.2. The number of aliphatic carboxylic acids is 1. The molecule has 0 spiro atoms. The lowest BCUT2D eigenvalue weighted by Crippen LogP contribution is -2.55. The standard InChI is InChI=1S/C25H45N5O6/c1-2-3-4-5-6-7-8-11-18-16-21(31)27-17-22(32)29-19(12-9-10-15-26)25(36)30-20(24(35)28-18)13-14-23(33)34/h18-20H,2-17,26H2,1H3,(H,27,31)(H,28,35)(H,29,32)(H,30,36)(H,33,34)/t18-,19+,20+/m1/s1. The molecule has 206 valence electrons. The third-order valence-corrected chi connectivity index (χ3v) is 6.26. The van der Waals surface area contributed by atoms with Gasteiger partial charge in [-0.2, -0.15) is 0 Å². The molecular weight excluding hydrogens is 466 g/mol. The van der Waals surface area contributed by atoms with Crippen LogP contribution in [-0.4, -0.2) is 65.9 Å². The maximum Gasteiger partial charge on any atom is 0.303 e. The second kappa shape index (κ2) is 18.6. The van der Waals surface area contributed by atoms with Crippen LogP contribution in [0.3, 0.4) is 0 Å².